The van der Waals surface area contributed by atoms with Gasteiger partial charge in [0.2, 0.25) is 0 Å². The lowest BCUT2D eigenvalue weighted by atomic mass is 10.5. The number of ether oxygens (including phenoxy) is 1. The molecular weight excluding hydrogens is 106 g/mol. The first-order chi connectivity index (χ1) is 3.93. The zero-order valence-corrected chi connectivity index (χ0v) is 4.59. The Kier molecular flexibility index (Phi) is 1.86. The van der Waals surface area contributed by atoms with E-state index >= 15 is 0 Å². The van der Waals surface area contributed by atoms with Crippen molar-refractivity contribution in [3.63, 3.8) is 0 Å². The fraction of sp³-hybridized carbons (Fsp3) is 0.800. The Bertz CT molecular complexity index is 78.5. The lowest BCUT2D eigenvalue weighted by Crippen LogP contribution is -2.34. The molecule has 1 heterocycles. The van der Waals surface area contributed by atoms with Gasteiger partial charge in [0.15, 0.2) is 0 Å². The van der Waals surface area contributed by atoms with Gasteiger partial charge in [0.05, 0.1) is 13.2 Å². The topological polar surface area (TPSA) is 29.5 Å². The molecule has 0 aromatic heterocycles. The molecule has 46 valence electrons. The van der Waals surface area contributed by atoms with E-state index in [1.54, 1.807) is 4.90 Å². The van der Waals surface area contributed by atoms with Gasteiger partial charge in [0.25, 0.3) is 0 Å². The van der Waals surface area contributed by atoms with Crippen LogP contribution in [0.3, 0.4) is 0 Å². The molecule has 8 heavy (non-hydrogen) atoms. The highest BCUT2D eigenvalue weighted by Crippen LogP contribution is 1.90. The van der Waals surface area contributed by atoms with Gasteiger partial charge in [-0.05, 0) is 0 Å². The number of amides is 1. The van der Waals surface area contributed by atoms with E-state index < -0.39 is 0 Å². The van der Waals surface area contributed by atoms with Crippen LogP contribution in [0.4, 0.5) is 0 Å². The third-order valence-electron chi connectivity index (χ3n) is 1.14. The summed E-state index contributed by atoms with van der Waals surface area (Å²) in [4.78, 5) is 11.5. The van der Waals surface area contributed by atoms with Crippen LogP contribution >= 0.6 is 0 Å². The predicted octanol–water partition coefficient (Wildman–Crippen LogP) is -0.614. The molecule has 3 heteroatoms. The normalized spacial score (nSPS) is 20.8. The summed E-state index contributed by atoms with van der Waals surface area (Å²) in [5, 5.41) is 0. The highest BCUT2D eigenvalue weighted by molar-refractivity contribution is 5.48. The minimum Gasteiger partial charge on any atom is -0.520 e. The third kappa shape index (κ3) is 1.20. The van der Waals surface area contributed by atoms with E-state index in [4.69, 9.17) is 4.74 Å². The summed E-state index contributed by atoms with van der Waals surface area (Å²) in [6.45, 7) is 2.72. The minimum atomic E-state index is 0.662. The zero-order chi connectivity index (χ0) is 5.82. The molecule has 3 nitrogen and oxygen atoms in total. The van der Waals surface area contributed by atoms with E-state index in [1.165, 1.54) is 0 Å². The summed E-state index contributed by atoms with van der Waals surface area (Å²) in [7, 11) is 0. The van der Waals surface area contributed by atoms with Crippen molar-refractivity contribution in [1.29, 1.82) is 0 Å². The Morgan fingerprint density at radius 2 is 2.00 bits per heavy atom. The Morgan fingerprint density at radius 1 is 1.38 bits per heavy atom. The summed E-state index contributed by atoms with van der Waals surface area (Å²) in [6.07, 6.45) is 1.81. The average molecular weight is 114 g/mol. The maximum absolute atomic E-state index is 9.91. The molecule has 0 unspecified atom stereocenters. The van der Waals surface area contributed by atoms with E-state index in [9.17, 15) is 4.79 Å². The molecule has 1 fully saturated rings. The van der Waals surface area contributed by atoms with Gasteiger partial charge in [-0.2, -0.15) is 6.41 Å². The largest absolute Gasteiger partial charge is 0.520 e. The zero-order valence-electron chi connectivity index (χ0n) is 4.59. The molecule has 0 bridgehead atoms. The lowest BCUT2D eigenvalue weighted by Gasteiger charge is -2.31. The minimum absolute atomic E-state index is 0.662. The van der Waals surface area contributed by atoms with Crippen LogP contribution in [-0.4, -0.2) is 37.6 Å². The molecule has 0 aromatic carbocycles. The highest BCUT2D eigenvalue weighted by atomic mass is 16.5. The summed E-state index contributed by atoms with van der Waals surface area (Å²) in [5.41, 5.74) is 0. The van der Waals surface area contributed by atoms with E-state index in [0.717, 1.165) is 0 Å². The third-order valence-corrected chi connectivity index (χ3v) is 1.14. The molecule has 0 atom stereocenters. The monoisotopic (exact) mass is 114 g/mol. The van der Waals surface area contributed by atoms with Crippen LogP contribution < -0.4 is 0 Å². The maximum atomic E-state index is 9.91. The van der Waals surface area contributed by atoms with Crippen molar-refractivity contribution in [2.24, 2.45) is 0 Å². The number of carbonyl (C=O) groups excluding carboxylic acids is 1. The van der Waals surface area contributed by atoms with Crippen molar-refractivity contribution in [1.82, 2.24) is 4.90 Å². The first kappa shape index (κ1) is 5.56. The molecule has 0 aliphatic carbocycles. The molecule has 1 rings (SSSR count). The summed E-state index contributed by atoms with van der Waals surface area (Å²) in [6, 6.07) is 0. The van der Waals surface area contributed by atoms with Crippen LogP contribution in [0.25, 0.3) is 0 Å². The smallest absolute Gasteiger partial charge is 0.0616 e. The van der Waals surface area contributed by atoms with E-state index in [-0.39, 0.29) is 0 Å². The van der Waals surface area contributed by atoms with E-state index in [0.29, 0.717) is 26.3 Å². The van der Waals surface area contributed by atoms with Crippen molar-refractivity contribution < 1.29 is 9.53 Å². The molecule has 1 aliphatic rings. The first-order valence-electron chi connectivity index (χ1n) is 2.64. The van der Waals surface area contributed by atoms with Gasteiger partial charge in [-0.1, -0.05) is 0 Å². The molecule has 1 saturated heterocycles. The highest BCUT2D eigenvalue weighted by Gasteiger charge is 1.98. The first-order valence-corrected chi connectivity index (χ1v) is 2.64. The van der Waals surface area contributed by atoms with Crippen LogP contribution in [-0.2, 0) is 9.53 Å². The number of hydrogen-bond acceptors (Lipinski definition) is 2. The second-order valence-corrected chi connectivity index (χ2v) is 1.69. The van der Waals surface area contributed by atoms with Crippen LogP contribution in [0, 0.1) is 0 Å². The van der Waals surface area contributed by atoms with Gasteiger partial charge < -0.3 is 14.4 Å². The van der Waals surface area contributed by atoms with Crippen molar-refractivity contribution in [3.05, 3.63) is 0 Å². The predicted molar refractivity (Wildman–Crippen MR) is 28.1 cm³/mol. The summed E-state index contributed by atoms with van der Waals surface area (Å²) >= 11 is 0. The van der Waals surface area contributed by atoms with E-state index in [2.05, 4.69) is 0 Å². The second kappa shape index (κ2) is 2.67. The Morgan fingerprint density at radius 3 is 2.38 bits per heavy atom. The maximum Gasteiger partial charge on any atom is 0.0616 e. The van der Waals surface area contributed by atoms with Crippen molar-refractivity contribution >= 4 is 6.41 Å². The fourth-order valence-electron chi connectivity index (χ4n) is 0.655. The van der Waals surface area contributed by atoms with Crippen molar-refractivity contribution in [2.45, 2.75) is 0 Å². The molecule has 0 radical (unpaired) electrons. The van der Waals surface area contributed by atoms with Gasteiger partial charge in [-0.3, -0.25) is 0 Å². The SMILES string of the molecule is O=[C-]N1CCOCC1. The molecule has 0 aromatic rings. The molecule has 0 spiro atoms. The van der Waals surface area contributed by atoms with Gasteiger partial charge in [0.1, 0.15) is 0 Å². The number of hydrogen-bond donors (Lipinski definition) is 0. The van der Waals surface area contributed by atoms with Crippen LogP contribution in [0.15, 0.2) is 0 Å². The van der Waals surface area contributed by atoms with Crippen molar-refractivity contribution in [3.8, 4) is 0 Å². The van der Waals surface area contributed by atoms with E-state index in [1.807, 2.05) is 6.41 Å². The van der Waals surface area contributed by atoms with Crippen LogP contribution in [0.5, 0.6) is 0 Å². The molecule has 1 amide bonds. The second-order valence-electron chi connectivity index (χ2n) is 1.69. The Hall–Kier alpha value is -0.570. The lowest BCUT2D eigenvalue weighted by molar-refractivity contribution is 0.0668. The molecule has 1 aliphatic heterocycles. The molecular formula is C5H8NO2-. The average Bonchev–Trinajstić information content (AvgIpc) is 1.90. The Balaban J connectivity index is 2.22. The standard InChI is InChI=1S/C5H8NO2/c7-5-6-1-3-8-4-2-6/h1-4H2/q-1. The molecule has 0 N–H and O–H groups in total. The van der Waals surface area contributed by atoms with Gasteiger partial charge >= 0.3 is 0 Å². The number of rotatable bonds is 1. The molecule has 0 saturated carbocycles. The summed E-state index contributed by atoms with van der Waals surface area (Å²) in [5.74, 6) is 0. The van der Waals surface area contributed by atoms with Crippen LogP contribution in [0.1, 0.15) is 0 Å². The summed E-state index contributed by atoms with van der Waals surface area (Å²) < 4.78 is 4.98. The van der Waals surface area contributed by atoms with Crippen molar-refractivity contribution in [2.75, 3.05) is 26.3 Å². The van der Waals surface area contributed by atoms with Gasteiger partial charge in [-0.15, -0.1) is 0 Å². The Labute approximate surface area is 48.2 Å². The number of nitrogens with zero attached hydrogens (tertiary/aromatic N) is 1. The van der Waals surface area contributed by atoms with Gasteiger partial charge in [-0.25, -0.2) is 0 Å². The van der Waals surface area contributed by atoms with Gasteiger partial charge in [0, 0.05) is 13.1 Å². The number of morpholine rings is 1. The quantitative estimate of drug-likeness (QED) is 0.425. The fourth-order valence-corrected chi connectivity index (χ4v) is 0.655. The van der Waals surface area contributed by atoms with Crippen LogP contribution in [0.2, 0.25) is 0 Å².